The molecule has 1 aliphatic rings. The van der Waals surface area contributed by atoms with Gasteiger partial charge in [0.25, 0.3) is 5.91 Å². The Labute approximate surface area is 179 Å². The number of amides is 1. The Kier molecular flexibility index (Phi) is 5.06. The molecule has 0 spiro atoms. The van der Waals surface area contributed by atoms with Gasteiger partial charge in [-0.05, 0) is 66.1 Å². The predicted molar refractivity (Wildman–Crippen MR) is 121 cm³/mol. The zero-order chi connectivity index (χ0) is 21.2. The summed E-state index contributed by atoms with van der Waals surface area (Å²) in [7, 11) is 0. The van der Waals surface area contributed by atoms with E-state index in [2.05, 4.69) is 26.3 Å². The van der Waals surface area contributed by atoms with Crippen LogP contribution in [0.5, 0.6) is 0 Å². The van der Waals surface area contributed by atoms with E-state index in [9.17, 15) is 9.59 Å². The van der Waals surface area contributed by atoms with Gasteiger partial charge in [-0.2, -0.15) is 0 Å². The molecular weight excluding hydrogens is 388 g/mol. The van der Waals surface area contributed by atoms with Crippen LogP contribution in [0.2, 0.25) is 0 Å². The van der Waals surface area contributed by atoms with Crippen molar-refractivity contribution in [2.24, 2.45) is 0 Å². The van der Waals surface area contributed by atoms with E-state index in [0.717, 1.165) is 42.7 Å². The van der Waals surface area contributed by atoms with Crippen molar-refractivity contribution in [3.05, 3.63) is 106 Å². The van der Waals surface area contributed by atoms with Gasteiger partial charge in [-0.25, -0.2) is 0 Å². The zero-order valence-corrected chi connectivity index (χ0v) is 17.0. The van der Waals surface area contributed by atoms with Crippen LogP contribution in [-0.4, -0.2) is 27.3 Å². The third-order valence-electron chi connectivity index (χ3n) is 5.65. The van der Waals surface area contributed by atoms with Crippen LogP contribution in [0.4, 0.5) is 5.69 Å². The lowest BCUT2D eigenvalue weighted by molar-refractivity contribution is 0.102. The van der Waals surface area contributed by atoms with Gasteiger partial charge in [0.05, 0.1) is 5.69 Å². The van der Waals surface area contributed by atoms with E-state index >= 15 is 0 Å². The molecule has 6 nitrogen and oxygen atoms in total. The van der Waals surface area contributed by atoms with Crippen molar-refractivity contribution in [3.63, 3.8) is 0 Å². The molecule has 154 valence electrons. The van der Waals surface area contributed by atoms with Crippen LogP contribution in [0.25, 0.3) is 10.9 Å². The highest BCUT2D eigenvalue weighted by Gasteiger charge is 2.18. The van der Waals surface area contributed by atoms with E-state index in [1.807, 2.05) is 42.6 Å². The molecule has 31 heavy (non-hydrogen) atoms. The first kappa shape index (κ1) is 19.2. The van der Waals surface area contributed by atoms with Crippen molar-refractivity contribution >= 4 is 22.5 Å². The maximum Gasteiger partial charge on any atom is 0.255 e. The maximum absolute atomic E-state index is 12.8. The standard InChI is InChI=1S/C25H22N4O2/c30-24-9-6-18-14-21(7-8-23(18)28-24)27-25(31)19-4-5-20-15-29(12-10-17(20)13-19)16-22-3-1-2-11-26-22/h1-9,11,13-14H,10,12,15-16H2,(H,27,31)(H,28,30). The van der Waals surface area contributed by atoms with Crippen molar-refractivity contribution in [2.45, 2.75) is 19.5 Å². The Morgan fingerprint density at radius 2 is 1.97 bits per heavy atom. The summed E-state index contributed by atoms with van der Waals surface area (Å²) in [6, 6.07) is 20.6. The van der Waals surface area contributed by atoms with Crippen molar-refractivity contribution in [1.82, 2.24) is 14.9 Å². The minimum absolute atomic E-state index is 0.137. The summed E-state index contributed by atoms with van der Waals surface area (Å²) >= 11 is 0. The van der Waals surface area contributed by atoms with Crippen LogP contribution in [0.1, 0.15) is 27.2 Å². The van der Waals surface area contributed by atoms with E-state index in [1.165, 1.54) is 17.2 Å². The molecule has 4 aromatic rings. The van der Waals surface area contributed by atoms with Crippen LogP contribution < -0.4 is 10.9 Å². The minimum Gasteiger partial charge on any atom is -0.322 e. The summed E-state index contributed by atoms with van der Waals surface area (Å²) in [6.07, 6.45) is 2.74. The smallest absolute Gasteiger partial charge is 0.255 e. The van der Waals surface area contributed by atoms with Gasteiger partial charge in [-0.3, -0.25) is 19.5 Å². The number of fused-ring (bicyclic) bond motifs is 2. The normalized spacial score (nSPS) is 13.7. The number of nitrogens with one attached hydrogen (secondary N) is 2. The molecule has 0 saturated heterocycles. The van der Waals surface area contributed by atoms with E-state index < -0.39 is 0 Å². The van der Waals surface area contributed by atoms with Gasteiger partial charge in [0.1, 0.15) is 0 Å². The van der Waals surface area contributed by atoms with Crippen LogP contribution in [0.15, 0.2) is 77.7 Å². The molecule has 3 heterocycles. The number of benzene rings is 2. The molecule has 0 radical (unpaired) electrons. The maximum atomic E-state index is 12.8. The largest absolute Gasteiger partial charge is 0.322 e. The summed E-state index contributed by atoms with van der Waals surface area (Å²) in [5.41, 5.74) is 5.50. The molecule has 0 unspecified atom stereocenters. The lowest BCUT2D eigenvalue weighted by Crippen LogP contribution is -2.30. The summed E-state index contributed by atoms with van der Waals surface area (Å²) in [4.78, 5) is 33.8. The highest BCUT2D eigenvalue weighted by Crippen LogP contribution is 2.23. The second-order valence-electron chi connectivity index (χ2n) is 7.84. The summed E-state index contributed by atoms with van der Waals surface area (Å²) in [5, 5.41) is 3.83. The number of hydrogen-bond donors (Lipinski definition) is 2. The van der Waals surface area contributed by atoms with Crippen molar-refractivity contribution in [1.29, 1.82) is 0 Å². The average Bonchev–Trinajstić information content (AvgIpc) is 2.79. The first-order valence-electron chi connectivity index (χ1n) is 10.3. The molecule has 2 aromatic heterocycles. The third-order valence-corrected chi connectivity index (χ3v) is 5.65. The monoisotopic (exact) mass is 410 g/mol. The first-order chi connectivity index (χ1) is 15.1. The van der Waals surface area contributed by atoms with E-state index in [0.29, 0.717) is 11.3 Å². The van der Waals surface area contributed by atoms with Gasteiger partial charge in [0.15, 0.2) is 0 Å². The lowest BCUT2D eigenvalue weighted by Gasteiger charge is -2.28. The van der Waals surface area contributed by atoms with Gasteiger partial charge >= 0.3 is 0 Å². The van der Waals surface area contributed by atoms with Crippen LogP contribution in [-0.2, 0) is 19.5 Å². The number of rotatable bonds is 4. The molecule has 5 rings (SSSR count). The molecule has 2 aromatic carbocycles. The molecule has 1 aliphatic heterocycles. The number of anilines is 1. The van der Waals surface area contributed by atoms with Crippen LogP contribution >= 0.6 is 0 Å². The van der Waals surface area contributed by atoms with Crippen molar-refractivity contribution in [2.75, 3.05) is 11.9 Å². The van der Waals surface area contributed by atoms with Crippen molar-refractivity contribution < 1.29 is 4.79 Å². The van der Waals surface area contributed by atoms with Gasteiger partial charge in [-0.15, -0.1) is 0 Å². The Morgan fingerprint density at radius 3 is 2.84 bits per heavy atom. The molecule has 0 bridgehead atoms. The highest BCUT2D eigenvalue weighted by atomic mass is 16.1. The summed E-state index contributed by atoms with van der Waals surface area (Å²) in [6.45, 7) is 2.63. The number of nitrogens with zero attached hydrogens (tertiary/aromatic N) is 2. The second kappa shape index (κ2) is 8.16. The minimum atomic E-state index is -0.142. The molecule has 0 atom stereocenters. The zero-order valence-electron chi connectivity index (χ0n) is 17.0. The third kappa shape index (κ3) is 4.25. The first-order valence-corrected chi connectivity index (χ1v) is 10.3. The molecule has 0 saturated carbocycles. The number of H-pyrrole nitrogens is 1. The average molecular weight is 410 g/mol. The van der Waals surface area contributed by atoms with Gasteiger partial charge < -0.3 is 10.3 Å². The second-order valence-corrected chi connectivity index (χ2v) is 7.84. The highest BCUT2D eigenvalue weighted by molar-refractivity contribution is 6.05. The van der Waals surface area contributed by atoms with Crippen molar-refractivity contribution in [3.8, 4) is 0 Å². The number of aromatic nitrogens is 2. The molecule has 2 N–H and O–H groups in total. The lowest BCUT2D eigenvalue weighted by atomic mass is 9.97. The quantitative estimate of drug-likeness (QED) is 0.537. The number of aromatic amines is 1. The SMILES string of the molecule is O=C(Nc1ccc2[nH]c(=O)ccc2c1)c1ccc2c(c1)CCN(Cc1ccccn1)C2. The van der Waals surface area contributed by atoms with Gasteiger partial charge in [-0.1, -0.05) is 12.1 Å². The predicted octanol–water partition coefficient (Wildman–Crippen LogP) is 3.73. The topological polar surface area (TPSA) is 78.1 Å². The van der Waals surface area contributed by atoms with E-state index in [4.69, 9.17) is 0 Å². The van der Waals surface area contributed by atoms with Crippen LogP contribution in [0.3, 0.4) is 0 Å². The summed E-state index contributed by atoms with van der Waals surface area (Å²) < 4.78 is 0. The Hall–Kier alpha value is -3.77. The Balaban J connectivity index is 1.29. The Bertz CT molecular complexity index is 1310. The number of pyridine rings is 2. The fraction of sp³-hybridized carbons (Fsp3) is 0.160. The van der Waals surface area contributed by atoms with Gasteiger partial charge in [0.2, 0.25) is 5.56 Å². The molecule has 1 amide bonds. The van der Waals surface area contributed by atoms with Crippen LogP contribution in [0, 0.1) is 0 Å². The van der Waals surface area contributed by atoms with E-state index in [1.54, 1.807) is 18.2 Å². The van der Waals surface area contributed by atoms with E-state index in [-0.39, 0.29) is 11.5 Å². The number of hydrogen-bond acceptors (Lipinski definition) is 4. The fourth-order valence-corrected chi connectivity index (χ4v) is 4.04. The molecular formula is C25H22N4O2. The Morgan fingerprint density at radius 1 is 1.03 bits per heavy atom. The number of carbonyl (C=O) groups excluding carboxylic acids is 1. The molecule has 0 aliphatic carbocycles. The summed E-state index contributed by atoms with van der Waals surface area (Å²) in [5.74, 6) is -0.137. The fourth-order valence-electron chi connectivity index (χ4n) is 4.04. The molecule has 6 heteroatoms. The molecule has 0 fully saturated rings. The van der Waals surface area contributed by atoms with Gasteiger partial charge in [0, 0.05) is 54.1 Å². The number of carbonyl (C=O) groups is 1.